The SMILES string of the molecule is CC(=O)c1cccc(C(C)(F)C2CCOC2)c1. The maximum atomic E-state index is 14.8. The van der Waals surface area contributed by atoms with Gasteiger partial charge in [0.15, 0.2) is 5.78 Å². The van der Waals surface area contributed by atoms with Crippen molar-refractivity contribution in [3.63, 3.8) is 0 Å². The van der Waals surface area contributed by atoms with Gasteiger partial charge in [-0.15, -0.1) is 0 Å². The Morgan fingerprint density at radius 1 is 1.53 bits per heavy atom. The van der Waals surface area contributed by atoms with Crippen molar-refractivity contribution in [1.82, 2.24) is 0 Å². The molecule has 2 rings (SSSR count). The predicted octanol–water partition coefficient (Wildman–Crippen LogP) is 3.11. The first kappa shape index (κ1) is 12.2. The van der Waals surface area contributed by atoms with Crippen LogP contribution in [0, 0.1) is 5.92 Å². The highest BCUT2D eigenvalue weighted by molar-refractivity contribution is 5.94. The Balaban J connectivity index is 2.31. The van der Waals surface area contributed by atoms with Crippen LogP contribution in [-0.2, 0) is 10.4 Å². The number of carbonyl (C=O) groups is 1. The summed E-state index contributed by atoms with van der Waals surface area (Å²) in [5, 5.41) is 0. The Labute approximate surface area is 101 Å². The van der Waals surface area contributed by atoms with Crippen molar-refractivity contribution in [1.29, 1.82) is 0 Å². The fourth-order valence-electron chi connectivity index (χ4n) is 2.24. The molecule has 1 aliphatic heterocycles. The zero-order valence-electron chi connectivity index (χ0n) is 10.2. The van der Waals surface area contributed by atoms with E-state index in [0.717, 1.165) is 6.42 Å². The van der Waals surface area contributed by atoms with Gasteiger partial charge >= 0.3 is 0 Å². The second kappa shape index (κ2) is 4.57. The molecule has 0 amide bonds. The standard InChI is InChI=1S/C14H17FO2/c1-10(16)11-4-3-5-12(8-11)14(2,15)13-6-7-17-9-13/h3-5,8,13H,6-7,9H2,1-2H3. The molecule has 0 N–H and O–H groups in total. The van der Waals surface area contributed by atoms with Crippen molar-refractivity contribution in [2.45, 2.75) is 25.9 Å². The Morgan fingerprint density at radius 3 is 2.88 bits per heavy atom. The van der Waals surface area contributed by atoms with Crippen LogP contribution in [0.5, 0.6) is 0 Å². The molecule has 0 saturated carbocycles. The third-order valence-electron chi connectivity index (χ3n) is 3.53. The molecule has 1 aromatic carbocycles. The van der Waals surface area contributed by atoms with Gasteiger partial charge < -0.3 is 4.74 Å². The Hall–Kier alpha value is -1.22. The first-order valence-corrected chi connectivity index (χ1v) is 5.90. The summed E-state index contributed by atoms with van der Waals surface area (Å²) in [7, 11) is 0. The molecule has 1 heterocycles. The molecule has 1 saturated heterocycles. The van der Waals surface area contributed by atoms with Crippen LogP contribution in [0.2, 0.25) is 0 Å². The topological polar surface area (TPSA) is 26.3 Å². The molecule has 0 aliphatic carbocycles. The Kier molecular flexibility index (Phi) is 3.29. The summed E-state index contributed by atoms with van der Waals surface area (Å²) in [5.74, 6) is -0.157. The summed E-state index contributed by atoms with van der Waals surface area (Å²) < 4.78 is 20.0. The zero-order valence-corrected chi connectivity index (χ0v) is 10.2. The number of hydrogen-bond donors (Lipinski definition) is 0. The number of alkyl halides is 1. The summed E-state index contributed by atoms with van der Waals surface area (Å²) in [5.41, 5.74) is -0.298. The number of hydrogen-bond acceptors (Lipinski definition) is 2. The minimum Gasteiger partial charge on any atom is -0.381 e. The van der Waals surface area contributed by atoms with Crippen molar-refractivity contribution in [2.24, 2.45) is 5.92 Å². The molecule has 0 spiro atoms. The molecule has 0 aromatic heterocycles. The molecule has 1 fully saturated rings. The molecule has 1 aromatic rings. The number of ether oxygens (including phenoxy) is 1. The quantitative estimate of drug-likeness (QED) is 0.754. The number of Topliss-reactive ketones (excluding diaryl/α,β-unsaturated/α-hetero) is 1. The Morgan fingerprint density at radius 2 is 2.29 bits per heavy atom. The molecule has 2 unspecified atom stereocenters. The van der Waals surface area contributed by atoms with Crippen molar-refractivity contribution >= 4 is 5.78 Å². The van der Waals surface area contributed by atoms with Crippen LogP contribution < -0.4 is 0 Å². The second-order valence-corrected chi connectivity index (χ2v) is 4.77. The van der Waals surface area contributed by atoms with Crippen molar-refractivity contribution in [3.8, 4) is 0 Å². The molecule has 17 heavy (non-hydrogen) atoms. The van der Waals surface area contributed by atoms with Crippen LogP contribution in [0.25, 0.3) is 0 Å². The lowest BCUT2D eigenvalue weighted by atomic mass is 9.83. The number of rotatable bonds is 3. The molecule has 2 atom stereocenters. The maximum absolute atomic E-state index is 14.8. The fourth-order valence-corrected chi connectivity index (χ4v) is 2.24. The maximum Gasteiger partial charge on any atom is 0.159 e. The molecule has 0 radical (unpaired) electrons. The molecule has 92 valence electrons. The van der Waals surface area contributed by atoms with E-state index >= 15 is 0 Å². The van der Waals surface area contributed by atoms with Crippen molar-refractivity contribution in [2.75, 3.05) is 13.2 Å². The van der Waals surface area contributed by atoms with Gasteiger partial charge in [0.2, 0.25) is 0 Å². The van der Waals surface area contributed by atoms with E-state index in [2.05, 4.69) is 0 Å². The van der Waals surface area contributed by atoms with Gasteiger partial charge in [-0.3, -0.25) is 4.79 Å². The lowest BCUT2D eigenvalue weighted by Gasteiger charge is -2.27. The first-order chi connectivity index (χ1) is 8.01. The summed E-state index contributed by atoms with van der Waals surface area (Å²) in [4.78, 5) is 11.3. The van der Waals surface area contributed by atoms with Crippen LogP contribution in [0.4, 0.5) is 4.39 Å². The lowest BCUT2D eigenvalue weighted by molar-refractivity contribution is 0.0823. The average Bonchev–Trinajstić information content (AvgIpc) is 2.83. The van der Waals surface area contributed by atoms with Crippen LogP contribution >= 0.6 is 0 Å². The van der Waals surface area contributed by atoms with Crippen molar-refractivity contribution < 1.29 is 13.9 Å². The first-order valence-electron chi connectivity index (χ1n) is 5.90. The largest absolute Gasteiger partial charge is 0.381 e. The predicted molar refractivity (Wildman–Crippen MR) is 63.8 cm³/mol. The van der Waals surface area contributed by atoms with Crippen LogP contribution in [0.15, 0.2) is 24.3 Å². The average molecular weight is 236 g/mol. The smallest absolute Gasteiger partial charge is 0.159 e. The number of carbonyl (C=O) groups excluding carboxylic acids is 1. The molecule has 2 nitrogen and oxygen atoms in total. The highest BCUT2D eigenvalue weighted by atomic mass is 19.1. The van der Waals surface area contributed by atoms with Gasteiger partial charge in [-0.25, -0.2) is 4.39 Å². The van der Waals surface area contributed by atoms with Gasteiger partial charge in [0.05, 0.1) is 6.61 Å². The van der Waals surface area contributed by atoms with E-state index in [1.807, 2.05) is 0 Å². The van der Waals surface area contributed by atoms with Crippen LogP contribution in [-0.4, -0.2) is 19.0 Å². The molecular formula is C14H17FO2. The summed E-state index contributed by atoms with van der Waals surface area (Å²) >= 11 is 0. The Bertz CT molecular complexity index is 420. The van der Waals surface area contributed by atoms with E-state index in [1.54, 1.807) is 31.2 Å². The van der Waals surface area contributed by atoms with Crippen LogP contribution in [0.1, 0.15) is 36.2 Å². The monoisotopic (exact) mass is 236 g/mol. The zero-order chi connectivity index (χ0) is 12.5. The van der Waals surface area contributed by atoms with Gasteiger partial charge in [0.25, 0.3) is 0 Å². The third kappa shape index (κ3) is 2.39. The minimum absolute atomic E-state index is 0.0367. The van der Waals surface area contributed by atoms with E-state index < -0.39 is 5.67 Å². The molecular weight excluding hydrogens is 219 g/mol. The second-order valence-electron chi connectivity index (χ2n) is 4.77. The minimum atomic E-state index is -1.43. The van der Waals surface area contributed by atoms with Gasteiger partial charge in [-0.05, 0) is 31.9 Å². The fraction of sp³-hybridized carbons (Fsp3) is 0.500. The third-order valence-corrected chi connectivity index (χ3v) is 3.53. The summed E-state index contributed by atoms with van der Waals surface area (Å²) in [6, 6.07) is 6.85. The molecule has 3 heteroatoms. The van der Waals surface area contributed by atoms with Gasteiger partial charge in [0, 0.05) is 18.1 Å². The van der Waals surface area contributed by atoms with E-state index in [9.17, 15) is 9.18 Å². The van der Waals surface area contributed by atoms with Gasteiger partial charge in [0.1, 0.15) is 5.67 Å². The summed E-state index contributed by atoms with van der Waals surface area (Å²) in [6.45, 7) is 4.15. The van der Waals surface area contributed by atoms with Gasteiger partial charge in [-0.1, -0.05) is 18.2 Å². The molecule has 1 aliphatic rings. The normalized spacial score (nSPS) is 23.4. The number of halogens is 1. The highest BCUT2D eigenvalue weighted by Crippen LogP contribution is 2.38. The van der Waals surface area contributed by atoms with E-state index in [-0.39, 0.29) is 11.7 Å². The van der Waals surface area contributed by atoms with Crippen molar-refractivity contribution in [3.05, 3.63) is 35.4 Å². The number of ketones is 1. The molecule has 0 bridgehead atoms. The summed E-state index contributed by atoms with van der Waals surface area (Å²) in [6.07, 6.45) is 0.733. The van der Waals surface area contributed by atoms with Crippen LogP contribution in [0.3, 0.4) is 0 Å². The van der Waals surface area contributed by atoms with E-state index in [1.165, 1.54) is 6.92 Å². The van der Waals surface area contributed by atoms with Gasteiger partial charge in [-0.2, -0.15) is 0 Å². The number of benzene rings is 1. The highest BCUT2D eigenvalue weighted by Gasteiger charge is 2.38. The van der Waals surface area contributed by atoms with E-state index in [4.69, 9.17) is 4.74 Å². The lowest BCUT2D eigenvalue weighted by Crippen LogP contribution is -2.27. The van der Waals surface area contributed by atoms with E-state index in [0.29, 0.717) is 24.3 Å².